The van der Waals surface area contributed by atoms with Crippen LogP contribution in [-0.2, 0) is 0 Å². The maximum Gasteiger partial charge on any atom is 0.0542 e. The van der Waals surface area contributed by atoms with Crippen molar-refractivity contribution in [2.24, 2.45) is 0 Å². The highest BCUT2D eigenvalue weighted by Crippen LogP contribution is 2.53. The average molecular weight is 973 g/mol. The number of para-hydroxylation sites is 4. The van der Waals surface area contributed by atoms with Crippen molar-refractivity contribution >= 4 is 61.6 Å². The van der Waals surface area contributed by atoms with Gasteiger partial charge < -0.3 is 19.3 Å². The van der Waals surface area contributed by atoms with Gasteiger partial charge in [-0.2, -0.15) is 0 Å². The van der Waals surface area contributed by atoms with Gasteiger partial charge >= 0.3 is 0 Å². The first-order valence-electron chi connectivity index (χ1n) is 26.3. The lowest BCUT2D eigenvalue weighted by Crippen LogP contribution is -2.22. The van der Waals surface area contributed by atoms with Crippen LogP contribution in [0.25, 0.3) is 60.9 Å². The van der Waals surface area contributed by atoms with Crippen LogP contribution in [0.4, 0.5) is 39.8 Å². The van der Waals surface area contributed by atoms with Crippen molar-refractivity contribution < 1.29 is 0 Å². The normalized spacial score (nSPS) is 13.7. The zero-order chi connectivity index (χ0) is 50.4. The smallest absolute Gasteiger partial charge is 0.0542 e. The van der Waals surface area contributed by atoms with E-state index in [1.807, 2.05) is 0 Å². The number of anilines is 7. The van der Waals surface area contributed by atoms with E-state index in [0.717, 1.165) is 51.7 Å². The number of hydrogen-bond acceptors (Lipinski definition) is 3. The van der Waals surface area contributed by atoms with Crippen molar-refractivity contribution in [2.45, 2.75) is 12.3 Å². The molecule has 4 nitrogen and oxygen atoms in total. The van der Waals surface area contributed by atoms with E-state index in [4.69, 9.17) is 0 Å². The van der Waals surface area contributed by atoms with Crippen molar-refractivity contribution in [3.8, 4) is 39.1 Å². The molecule has 0 saturated heterocycles. The molecule has 12 aromatic rings. The summed E-state index contributed by atoms with van der Waals surface area (Å²) < 4.78 is 2.38. The Bertz CT molecular complexity index is 4090. The van der Waals surface area contributed by atoms with E-state index in [-0.39, 0.29) is 5.92 Å². The third-order valence-corrected chi connectivity index (χ3v) is 15.3. The molecule has 1 unspecified atom stereocenters. The third-order valence-electron chi connectivity index (χ3n) is 15.3. The van der Waals surface area contributed by atoms with Crippen LogP contribution in [0.15, 0.2) is 309 Å². The Morgan fingerprint density at radius 3 is 1.29 bits per heavy atom. The number of fused-ring (bicyclic) bond motifs is 6. The molecule has 1 aliphatic heterocycles. The second kappa shape index (κ2) is 19.2. The van der Waals surface area contributed by atoms with Gasteiger partial charge in [-0.05, 0) is 154 Å². The molecular formula is C72H52N4. The molecule has 76 heavy (non-hydrogen) atoms. The fourth-order valence-corrected chi connectivity index (χ4v) is 11.7. The standard InChI is InChI=1S/C72H52N4/c1-5-17-51(18-6-1)53-29-37-59(38-30-53)73(63-45-47-71-67(49-63)65-25-13-15-27-69(65)75(71)57-21-9-3-10-22-57)61-41-33-55(34-42-61)56-35-43-62(44-36-56)74(60-39-31-54(32-40-60)52-19-7-2-8-20-52)64-46-48-72-68(50-64)66-26-14-16-28-70(66)76(72)58-23-11-4-12-24-58/h1-49,68H,50H2. The van der Waals surface area contributed by atoms with E-state index in [9.17, 15) is 0 Å². The number of aromatic nitrogens is 1. The molecule has 0 fully saturated rings. The molecule has 0 spiro atoms. The van der Waals surface area contributed by atoms with Crippen LogP contribution in [0.3, 0.4) is 0 Å². The van der Waals surface area contributed by atoms with Gasteiger partial charge in [-0.15, -0.1) is 0 Å². The summed E-state index contributed by atoms with van der Waals surface area (Å²) in [4.78, 5) is 7.28. The van der Waals surface area contributed by atoms with Gasteiger partial charge in [0.25, 0.3) is 0 Å². The molecule has 2 heterocycles. The van der Waals surface area contributed by atoms with Crippen LogP contribution in [0.1, 0.15) is 17.9 Å². The van der Waals surface area contributed by atoms with Crippen LogP contribution in [0.5, 0.6) is 0 Å². The van der Waals surface area contributed by atoms with Crippen LogP contribution < -0.4 is 14.7 Å². The van der Waals surface area contributed by atoms with Crippen LogP contribution in [0.2, 0.25) is 0 Å². The predicted molar refractivity (Wildman–Crippen MR) is 319 cm³/mol. The van der Waals surface area contributed by atoms with Crippen molar-refractivity contribution in [1.82, 2.24) is 4.57 Å². The van der Waals surface area contributed by atoms with E-state index in [2.05, 4.69) is 317 Å². The molecule has 14 rings (SSSR count). The molecule has 360 valence electrons. The molecule has 1 aromatic heterocycles. The zero-order valence-electron chi connectivity index (χ0n) is 41.9. The maximum atomic E-state index is 2.46. The summed E-state index contributed by atoms with van der Waals surface area (Å²) in [6.07, 6.45) is 5.55. The van der Waals surface area contributed by atoms with Gasteiger partial charge in [-0.25, -0.2) is 0 Å². The number of hydrogen-bond donors (Lipinski definition) is 0. The molecule has 0 N–H and O–H groups in total. The predicted octanol–water partition coefficient (Wildman–Crippen LogP) is 19.5. The first-order chi connectivity index (χ1) is 37.7. The Balaban J connectivity index is 0.823. The first kappa shape index (κ1) is 44.8. The molecule has 1 aliphatic carbocycles. The Labute approximate surface area is 444 Å². The molecule has 4 heteroatoms. The topological polar surface area (TPSA) is 14.7 Å². The van der Waals surface area contributed by atoms with Crippen molar-refractivity contribution in [1.29, 1.82) is 0 Å². The molecule has 0 bridgehead atoms. The summed E-state index contributed by atoms with van der Waals surface area (Å²) in [5.74, 6) is 0.221. The summed E-state index contributed by atoms with van der Waals surface area (Å²) in [7, 11) is 0. The van der Waals surface area contributed by atoms with E-state index < -0.39 is 0 Å². The fourth-order valence-electron chi connectivity index (χ4n) is 11.7. The SMILES string of the molecule is C1=C(N(c2ccc(-c3ccccc3)cc2)c2ccc(-c3ccc(N(c4ccc(-c5ccccc5)cc4)c4ccc5c(c4)c4ccccc4n5-c4ccccc4)cc3)cc2)CC2C(=C1)N(c1ccccc1)c1ccccc12. The summed E-state index contributed by atoms with van der Waals surface area (Å²) in [6, 6.07) is 103. The van der Waals surface area contributed by atoms with E-state index >= 15 is 0 Å². The summed E-state index contributed by atoms with van der Waals surface area (Å²) >= 11 is 0. The molecule has 1 atom stereocenters. The number of benzene rings is 11. The number of nitrogens with zero attached hydrogens (tertiary/aromatic N) is 4. The van der Waals surface area contributed by atoms with E-state index in [1.54, 1.807) is 0 Å². The largest absolute Gasteiger partial charge is 0.314 e. The average Bonchev–Trinajstić information content (AvgIpc) is 4.02. The lowest BCUT2D eigenvalue weighted by atomic mass is 9.89. The fraction of sp³-hybridized carbons (Fsp3) is 0.0278. The van der Waals surface area contributed by atoms with E-state index in [0.29, 0.717) is 0 Å². The molecule has 0 amide bonds. The Kier molecular flexibility index (Phi) is 11.3. The van der Waals surface area contributed by atoms with Crippen molar-refractivity contribution in [2.75, 3.05) is 14.7 Å². The lowest BCUT2D eigenvalue weighted by Gasteiger charge is -2.33. The van der Waals surface area contributed by atoms with Gasteiger partial charge in [0.2, 0.25) is 0 Å². The molecule has 0 saturated carbocycles. The summed E-state index contributed by atoms with van der Waals surface area (Å²) in [6.45, 7) is 0. The minimum Gasteiger partial charge on any atom is -0.314 e. The second-order valence-corrected chi connectivity index (χ2v) is 19.7. The van der Waals surface area contributed by atoms with Gasteiger partial charge in [-0.3, -0.25) is 0 Å². The van der Waals surface area contributed by atoms with Gasteiger partial charge in [0.15, 0.2) is 0 Å². The van der Waals surface area contributed by atoms with E-state index in [1.165, 1.54) is 72.4 Å². The lowest BCUT2D eigenvalue weighted by molar-refractivity contribution is 0.768. The Hall–Kier alpha value is -9.90. The highest BCUT2D eigenvalue weighted by molar-refractivity contribution is 6.10. The summed E-state index contributed by atoms with van der Waals surface area (Å²) in [5, 5.41) is 2.44. The van der Waals surface area contributed by atoms with Gasteiger partial charge in [0.1, 0.15) is 0 Å². The second-order valence-electron chi connectivity index (χ2n) is 19.7. The zero-order valence-corrected chi connectivity index (χ0v) is 41.9. The number of rotatable bonds is 11. The van der Waals surface area contributed by atoms with Gasteiger partial charge in [-0.1, -0.05) is 182 Å². The van der Waals surface area contributed by atoms with Crippen molar-refractivity contribution in [3.63, 3.8) is 0 Å². The minimum atomic E-state index is 0.221. The third kappa shape index (κ3) is 8.05. The monoisotopic (exact) mass is 972 g/mol. The van der Waals surface area contributed by atoms with Crippen LogP contribution in [-0.4, -0.2) is 4.57 Å². The maximum absolute atomic E-state index is 2.46. The van der Waals surface area contributed by atoms with Crippen LogP contribution >= 0.6 is 0 Å². The van der Waals surface area contributed by atoms with Crippen molar-refractivity contribution in [3.05, 3.63) is 314 Å². The molecule has 0 radical (unpaired) electrons. The highest BCUT2D eigenvalue weighted by atomic mass is 15.2. The quantitative estimate of drug-likeness (QED) is 0.128. The van der Waals surface area contributed by atoms with Gasteiger partial charge in [0, 0.05) is 80.0 Å². The Morgan fingerprint density at radius 2 is 0.737 bits per heavy atom. The molecule has 11 aromatic carbocycles. The Morgan fingerprint density at radius 1 is 0.316 bits per heavy atom. The summed E-state index contributed by atoms with van der Waals surface area (Å²) in [5.41, 5.74) is 22.5. The molecule has 2 aliphatic rings. The highest BCUT2D eigenvalue weighted by Gasteiger charge is 2.37. The molecular weight excluding hydrogens is 921 g/mol. The minimum absolute atomic E-state index is 0.221. The van der Waals surface area contributed by atoms with Gasteiger partial charge in [0.05, 0.1) is 11.0 Å². The first-order valence-corrected chi connectivity index (χ1v) is 26.3. The number of allylic oxidation sites excluding steroid dienone is 4. The van der Waals surface area contributed by atoms with Crippen LogP contribution in [0, 0.1) is 0 Å².